The van der Waals surface area contributed by atoms with E-state index in [1.807, 2.05) is 60.7 Å². The molecule has 0 radical (unpaired) electrons. The van der Waals surface area contributed by atoms with E-state index in [-0.39, 0.29) is 0 Å². The quantitative estimate of drug-likeness (QED) is 0.130. The third-order valence-electron chi connectivity index (χ3n) is 6.10. The molecule has 4 N–H and O–H groups in total. The lowest BCUT2D eigenvalue weighted by Gasteiger charge is -2.19. The molecule has 0 aliphatic heterocycles. The molecule has 3 rings (SSSR count). The molecular weight excluding hydrogens is 540 g/mol. The second kappa shape index (κ2) is 19.7. The van der Waals surface area contributed by atoms with Gasteiger partial charge in [-0.05, 0) is 47.5 Å². The van der Waals surface area contributed by atoms with Gasteiger partial charge in [0.25, 0.3) is 0 Å². The van der Waals surface area contributed by atoms with Gasteiger partial charge in [0.15, 0.2) is 0 Å². The van der Waals surface area contributed by atoms with Crippen LogP contribution in [0.2, 0.25) is 0 Å². The zero-order valence-corrected chi connectivity index (χ0v) is 24.7. The molecule has 0 heterocycles. The second-order valence-corrected chi connectivity index (χ2v) is 9.22. The Bertz CT molecular complexity index is 1050. The Kier molecular flexibility index (Phi) is 15.5. The molecule has 0 saturated heterocycles. The van der Waals surface area contributed by atoms with Gasteiger partial charge in [0, 0.05) is 36.7 Å². The molecule has 0 saturated carbocycles. The van der Waals surface area contributed by atoms with Crippen LogP contribution < -0.4 is 20.9 Å². The van der Waals surface area contributed by atoms with Crippen molar-refractivity contribution in [3.8, 4) is 33.8 Å². The Balaban J connectivity index is 1.73. The molecular formula is C32H44N2O8. The first-order chi connectivity index (χ1) is 20.6. The summed E-state index contributed by atoms with van der Waals surface area (Å²) in [6, 6.07) is 19.3. The molecule has 42 heavy (non-hydrogen) atoms. The highest BCUT2D eigenvalue weighted by Crippen LogP contribution is 2.41. The normalized spacial score (nSPS) is 11.1. The Morgan fingerprint density at radius 1 is 0.429 bits per heavy atom. The fraction of sp³-hybridized carbons (Fsp3) is 0.438. The largest absolute Gasteiger partial charge is 0.491 e. The summed E-state index contributed by atoms with van der Waals surface area (Å²) in [5, 5.41) is 0. The van der Waals surface area contributed by atoms with Crippen LogP contribution in [0.5, 0.6) is 11.5 Å². The van der Waals surface area contributed by atoms with Crippen LogP contribution in [-0.2, 0) is 28.4 Å². The lowest BCUT2D eigenvalue weighted by molar-refractivity contribution is 0.0178. The fourth-order valence-electron chi connectivity index (χ4n) is 3.92. The minimum atomic E-state index is 0.363. The first-order valence-electron chi connectivity index (χ1n) is 14.1. The van der Waals surface area contributed by atoms with Crippen LogP contribution in [-0.4, -0.2) is 93.5 Å². The van der Waals surface area contributed by atoms with Crippen molar-refractivity contribution in [2.45, 2.75) is 0 Å². The van der Waals surface area contributed by atoms with Crippen molar-refractivity contribution in [1.82, 2.24) is 0 Å². The van der Waals surface area contributed by atoms with Gasteiger partial charge in [-0.15, -0.1) is 0 Å². The lowest BCUT2D eigenvalue weighted by atomic mass is 9.97. The summed E-state index contributed by atoms with van der Waals surface area (Å²) in [5.74, 6) is 1.40. The number of ether oxygens (including phenoxy) is 8. The fourth-order valence-corrected chi connectivity index (χ4v) is 3.92. The monoisotopic (exact) mass is 584 g/mol. The van der Waals surface area contributed by atoms with Crippen LogP contribution in [0.1, 0.15) is 0 Å². The van der Waals surface area contributed by atoms with E-state index >= 15 is 0 Å². The maximum atomic E-state index is 6.26. The van der Waals surface area contributed by atoms with Crippen LogP contribution in [0.15, 0.2) is 60.7 Å². The first kappa shape index (κ1) is 33.1. The number of benzene rings is 3. The molecule has 0 amide bonds. The molecule has 0 bridgehead atoms. The standard InChI is InChI=1S/C32H44N2O8/c1-35-11-13-37-15-17-39-19-21-41-31-23-30(26-5-9-28(34)10-6-26)32(24-29(31)25-3-7-27(33)8-4-25)42-22-20-40-18-16-38-14-12-36-2/h3-10,23-24H,11-22,33-34H2,1-2H3. The molecule has 10 nitrogen and oxygen atoms in total. The van der Waals surface area contributed by atoms with Gasteiger partial charge in [-0.3, -0.25) is 0 Å². The highest BCUT2D eigenvalue weighted by molar-refractivity contribution is 5.82. The summed E-state index contributed by atoms with van der Waals surface area (Å²) in [7, 11) is 3.29. The number of methoxy groups -OCH3 is 2. The van der Waals surface area contributed by atoms with E-state index < -0.39 is 0 Å². The van der Waals surface area contributed by atoms with Gasteiger partial charge in [0.1, 0.15) is 24.7 Å². The summed E-state index contributed by atoms with van der Waals surface area (Å²) in [4.78, 5) is 0. The number of nitrogen functional groups attached to an aromatic ring is 2. The molecule has 0 atom stereocenters. The molecule has 230 valence electrons. The topological polar surface area (TPSA) is 126 Å². The van der Waals surface area contributed by atoms with E-state index in [4.69, 9.17) is 49.4 Å². The predicted octanol–water partition coefficient (Wildman–Crippen LogP) is 4.30. The van der Waals surface area contributed by atoms with Gasteiger partial charge in [0.2, 0.25) is 0 Å². The van der Waals surface area contributed by atoms with Crippen LogP contribution in [0, 0.1) is 0 Å². The predicted molar refractivity (Wildman–Crippen MR) is 164 cm³/mol. The number of hydrogen-bond donors (Lipinski definition) is 2. The Labute approximate surface area is 248 Å². The molecule has 0 fully saturated rings. The summed E-state index contributed by atoms with van der Waals surface area (Å²) >= 11 is 0. The molecule has 3 aromatic carbocycles. The van der Waals surface area contributed by atoms with Gasteiger partial charge >= 0.3 is 0 Å². The minimum absolute atomic E-state index is 0.363. The maximum Gasteiger partial charge on any atom is 0.128 e. The van der Waals surface area contributed by atoms with E-state index in [2.05, 4.69) is 0 Å². The van der Waals surface area contributed by atoms with Crippen molar-refractivity contribution in [2.24, 2.45) is 0 Å². The molecule has 0 spiro atoms. The Morgan fingerprint density at radius 2 is 0.738 bits per heavy atom. The molecule has 0 unspecified atom stereocenters. The van der Waals surface area contributed by atoms with E-state index in [9.17, 15) is 0 Å². The molecule has 3 aromatic rings. The van der Waals surface area contributed by atoms with Gasteiger partial charge in [0.05, 0.1) is 66.1 Å². The van der Waals surface area contributed by atoms with Crippen molar-refractivity contribution in [1.29, 1.82) is 0 Å². The Hall–Kier alpha value is -3.38. The van der Waals surface area contributed by atoms with E-state index in [1.54, 1.807) is 14.2 Å². The highest BCUT2D eigenvalue weighted by Gasteiger charge is 2.16. The van der Waals surface area contributed by atoms with Crippen LogP contribution in [0.4, 0.5) is 11.4 Å². The number of nitrogens with two attached hydrogens (primary N) is 2. The van der Waals surface area contributed by atoms with Crippen molar-refractivity contribution >= 4 is 11.4 Å². The van der Waals surface area contributed by atoms with E-state index in [0.29, 0.717) is 102 Å². The average Bonchev–Trinajstić information content (AvgIpc) is 3.00. The third kappa shape index (κ3) is 11.8. The van der Waals surface area contributed by atoms with Crippen molar-refractivity contribution in [3.05, 3.63) is 60.7 Å². The zero-order valence-electron chi connectivity index (χ0n) is 24.7. The smallest absolute Gasteiger partial charge is 0.128 e. The van der Waals surface area contributed by atoms with Crippen molar-refractivity contribution in [3.63, 3.8) is 0 Å². The third-order valence-corrected chi connectivity index (χ3v) is 6.10. The van der Waals surface area contributed by atoms with Crippen molar-refractivity contribution < 1.29 is 37.9 Å². The van der Waals surface area contributed by atoms with Crippen molar-refractivity contribution in [2.75, 3.05) is 105 Å². The summed E-state index contributed by atoms with van der Waals surface area (Å²) < 4.78 is 44.7. The van der Waals surface area contributed by atoms with Gasteiger partial charge in [-0.2, -0.15) is 0 Å². The number of hydrogen-bond acceptors (Lipinski definition) is 10. The van der Waals surface area contributed by atoms with Crippen LogP contribution in [0.3, 0.4) is 0 Å². The maximum absolute atomic E-state index is 6.26. The summed E-state index contributed by atoms with van der Waals surface area (Å²) in [6.45, 7) is 5.70. The van der Waals surface area contributed by atoms with Crippen LogP contribution >= 0.6 is 0 Å². The molecule has 0 aliphatic carbocycles. The molecule has 0 aliphatic rings. The second-order valence-electron chi connectivity index (χ2n) is 9.22. The lowest BCUT2D eigenvalue weighted by Crippen LogP contribution is -2.13. The minimum Gasteiger partial charge on any atom is -0.491 e. The SMILES string of the molecule is COCCOCCOCCOc1cc(-c2ccc(N)cc2)c(OCCOCCOCCOC)cc1-c1ccc(N)cc1. The average molecular weight is 585 g/mol. The zero-order chi connectivity index (χ0) is 29.8. The Morgan fingerprint density at radius 3 is 1.07 bits per heavy atom. The van der Waals surface area contributed by atoms with Crippen LogP contribution in [0.25, 0.3) is 22.3 Å². The van der Waals surface area contributed by atoms with E-state index in [0.717, 1.165) is 22.3 Å². The van der Waals surface area contributed by atoms with Gasteiger partial charge in [-0.25, -0.2) is 0 Å². The van der Waals surface area contributed by atoms with Gasteiger partial charge in [-0.1, -0.05) is 24.3 Å². The van der Waals surface area contributed by atoms with E-state index in [1.165, 1.54) is 0 Å². The number of rotatable bonds is 22. The summed E-state index contributed by atoms with van der Waals surface area (Å²) in [6.07, 6.45) is 0. The molecule has 0 aromatic heterocycles. The molecule has 10 heteroatoms. The number of anilines is 2. The summed E-state index contributed by atoms with van der Waals surface area (Å²) in [5.41, 5.74) is 16.9. The first-order valence-corrected chi connectivity index (χ1v) is 14.1. The highest BCUT2D eigenvalue weighted by atomic mass is 16.6. The van der Waals surface area contributed by atoms with Gasteiger partial charge < -0.3 is 49.4 Å².